The van der Waals surface area contributed by atoms with Gasteiger partial charge in [-0.05, 0) is 31.0 Å². The van der Waals surface area contributed by atoms with E-state index in [1.165, 1.54) is 5.56 Å². The fourth-order valence-electron chi connectivity index (χ4n) is 2.16. The number of benzene rings is 2. The maximum absolute atomic E-state index is 12.1. The van der Waals surface area contributed by atoms with Crippen molar-refractivity contribution in [1.82, 2.24) is 0 Å². The first-order chi connectivity index (χ1) is 9.61. The Morgan fingerprint density at radius 2 is 1.70 bits per heavy atom. The Morgan fingerprint density at radius 3 is 2.30 bits per heavy atom. The zero-order valence-electron chi connectivity index (χ0n) is 12.0. The summed E-state index contributed by atoms with van der Waals surface area (Å²) in [7, 11) is 0. The van der Waals surface area contributed by atoms with E-state index in [1.54, 1.807) is 4.90 Å². The van der Waals surface area contributed by atoms with Crippen LogP contribution in [0.4, 0.5) is 5.69 Å². The summed E-state index contributed by atoms with van der Waals surface area (Å²) in [5.41, 5.74) is 9.85. The number of carbonyl (C=O) groups is 1. The van der Waals surface area contributed by atoms with Crippen molar-refractivity contribution in [3.63, 3.8) is 0 Å². The van der Waals surface area contributed by atoms with E-state index in [2.05, 4.69) is 12.1 Å². The Bertz CT molecular complexity index is 590. The Balaban J connectivity index is 2.31. The van der Waals surface area contributed by atoms with Gasteiger partial charge in [-0.25, -0.2) is 0 Å². The molecule has 3 heteroatoms. The van der Waals surface area contributed by atoms with Gasteiger partial charge in [-0.1, -0.05) is 48.0 Å². The van der Waals surface area contributed by atoms with Gasteiger partial charge in [0, 0.05) is 5.69 Å². The molecule has 2 N–H and O–H groups in total. The first-order valence-corrected chi connectivity index (χ1v) is 6.73. The minimum atomic E-state index is -0.0696. The zero-order valence-corrected chi connectivity index (χ0v) is 12.0. The summed E-state index contributed by atoms with van der Waals surface area (Å²) in [6.45, 7) is 4.61. The third kappa shape index (κ3) is 3.25. The van der Waals surface area contributed by atoms with Gasteiger partial charge < -0.3 is 10.6 Å². The number of amides is 1. The SMILES string of the molecule is Cc1ccc(CN(C(=O)CN)c2ccccc2C)cc1. The molecule has 0 fully saturated rings. The summed E-state index contributed by atoms with van der Waals surface area (Å²) in [4.78, 5) is 13.9. The lowest BCUT2D eigenvalue weighted by Gasteiger charge is -2.24. The molecule has 0 bridgehead atoms. The van der Waals surface area contributed by atoms with E-state index in [0.717, 1.165) is 16.8 Å². The molecule has 20 heavy (non-hydrogen) atoms. The molecule has 0 spiro atoms. The van der Waals surface area contributed by atoms with E-state index in [4.69, 9.17) is 5.73 Å². The van der Waals surface area contributed by atoms with E-state index in [-0.39, 0.29) is 12.5 Å². The van der Waals surface area contributed by atoms with E-state index >= 15 is 0 Å². The van der Waals surface area contributed by atoms with Crippen LogP contribution >= 0.6 is 0 Å². The van der Waals surface area contributed by atoms with Crippen LogP contribution in [0.3, 0.4) is 0 Å². The maximum Gasteiger partial charge on any atom is 0.241 e. The van der Waals surface area contributed by atoms with E-state index in [0.29, 0.717) is 6.54 Å². The number of anilines is 1. The van der Waals surface area contributed by atoms with Crippen LogP contribution in [-0.4, -0.2) is 12.5 Å². The Morgan fingerprint density at radius 1 is 1.05 bits per heavy atom. The number of nitrogens with two attached hydrogens (primary N) is 1. The normalized spacial score (nSPS) is 10.3. The highest BCUT2D eigenvalue weighted by Gasteiger charge is 2.16. The summed E-state index contributed by atoms with van der Waals surface area (Å²) in [5.74, 6) is -0.0696. The second-order valence-electron chi connectivity index (χ2n) is 4.96. The van der Waals surface area contributed by atoms with Crippen molar-refractivity contribution in [1.29, 1.82) is 0 Å². The highest BCUT2D eigenvalue weighted by Crippen LogP contribution is 2.21. The van der Waals surface area contributed by atoms with Crippen LogP contribution in [0.1, 0.15) is 16.7 Å². The fourth-order valence-corrected chi connectivity index (χ4v) is 2.16. The van der Waals surface area contributed by atoms with Crippen LogP contribution in [0.15, 0.2) is 48.5 Å². The Labute approximate surface area is 120 Å². The fraction of sp³-hybridized carbons (Fsp3) is 0.235. The number of carbonyl (C=O) groups excluding carboxylic acids is 1. The second-order valence-corrected chi connectivity index (χ2v) is 4.96. The standard InChI is InChI=1S/C17H20N2O/c1-13-7-9-15(10-8-13)12-19(17(20)11-18)16-6-4-3-5-14(16)2/h3-10H,11-12,18H2,1-2H3. The van der Waals surface area contributed by atoms with Crippen molar-refractivity contribution in [3.8, 4) is 0 Å². The van der Waals surface area contributed by atoms with Crippen molar-refractivity contribution in [3.05, 3.63) is 65.2 Å². The molecule has 0 saturated heterocycles. The molecular weight excluding hydrogens is 248 g/mol. The Kier molecular flexibility index (Phi) is 4.53. The molecule has 0 aliphatic heterocycles. The number of hydrogen-bond acceptors (Lipinski definition) is 2. The lowest BCUT2D eigenvalue weighted by atomic mass is 10.1. The lowest BCUT2D eigenvalue weighted by Crippen LogP contribution is -2.36. The first-order valence-electron chi connectivity index (χ1n) is 6.73. The summed E-state index contributed by atoms with van der Waals surface area (Å²) < 4.78 is 0. The van der Waals surface area contributed by atoms with Gasteiger partial charge in [-0.3, -0.25) is 4.79 Å². The van der Waals surface area contributed by atoms with Gasteiger partial charge in [0.1, 0.15) is 0 Å². The smallest absolute Gasteiger partial charge is 0.241 e. The zero-order chi connectivity index (χ0) is 14.5. The first kappa shape index (κ1) is 14.3. The monoisotopic (exact) mass is 268 g/mol. The van der Waals surface area contributed by atoms with Crippen LogP contribution < -0.4 is 10.6 Å². The summed E-state index contributed by atoms with van der Waals surface area (Å²) in [5, 5.41) is 0. The van der Waals surface area contributed by atoms with Gasteiger partial charge in [0.15, 0.2) is 0 Å². The molecule has 1 amide bonds. The quantitative estimate of drug-likeness (QED) is 0.926. The molecule has 104 valence electrons. The third-order valence-corrected chi connectivity index (χ3v) is 3.34. The van der Waals surface area contributed by atoms with Gasteiger partial charge in [0.25, 0.3) is 0 Å². The number of hydrogen-bond donors (Lipinski definition) is 1. The lowest BCUT2D eigenvalue weighted by molar-refractivity contribution is -0.117. The van der Waals surface area contributed by atoms with Crippen molar-refractivity contribution in [2.75, 3.05) is 11.4 Å². The molecule has 3 nitrogen and oxygen atoms in total. The molecule has 0 heterocycles. The summed E-state index contributed by atoms with van der Waals surface area (Å²) in [6, 6.07) is 16.1. The second kappa shape index (κ2) is 6.35. The number of para-hydroxylation sites is 1. The van der Waals surface area contributed by atoms with Crippen molar-refractivity contribution in [2.24, 2.45) is 5.73 Å². The highest BCUT2D eigenvalue weighted by atomic mass is 16.2. The molecule has 2 aromatic carbocycles. The molecule has 0 atom stereocenters. The maximum atomic E-state index is 12.1. The predicted molar refractivity (Wildman–Crippen MR) is 82.6 cm³/mol. The minimum Gasteiger partial charge on any atom is -0.322 e. The van der Waals surface area contributed by atoms with E-state index in [1.807, 2.05) is 50.2 Å². The number of rotatable bonds is 4. The van der Waals surface area contributed by atoms with Gasteiger partial charge in [-0.2, -0.15) is 0 Å². The molecular formula is C17H20N2O. The Hall–Kier alpha value is -2.13. The van der Waals surface area contributed by atoms with E-state index in [9.17, 15) is 4.79 Å². The topological polar surface area (TPSA) is 46.3 Å². The highest BCUT2D eigenvalue weighted by molar-refractivity contribution is 5.95. The van der Waals surface area contributed by atoms with E-state index < -0.39 is 0 Å². The predicted octanol–water partition coefficient (Wildman–Crippen LogP) is 2.80. The van der Waals surface area contributed by atoms with Crippen molar-refractivity contribution in [2.45, 2.75) is 20.4 Å². The number of nitrogens with zero attached hydrogens (tertiary/aromatic N) is 1. The molecule has 2 rings (SSSR count). The molecule has 0 saturated carbocycles. The minimum absolute atomic E-state index is 0.0141. The van der Waals surface area contributed by atoms with Crippen LogP contribution in [-0.2, 0) is 11.3 Å². The average Bonchev–Trinajstić information content (AvgIpc) is 2.47. The molecule has 0 radical (unpaired) electrons. The van der Waals surface area contributed by atoms with Crippen LogP contribution in [0.2, 0.25) is 0 Å². The molecule has 0 aliphatic rings. The largest absolute Gasteiger partial charge is 0.322 e. The molecule has 0 aliphatic carbocycles. The van der Waals surface area contributed by atoms with Gasteiger partial charge in [0.2, 0.25) is 5.91 Å². The average molecular weight is 268 g/mol. The summed E-state index contributed by atoms with van der Waals surface area (Å²) in [6.07, 6.45) is 0. The molecule has 0 aromatic heterocycles. The van der Waals surface area contributed by atoms with Gasteiger partial charge >= 0.3 is 0 Å². The van der Waals surface area contributed by atoms with Crippen LogP contribution in [0, 0.1) is 13.8 Å². The van der Waals surface area contributed by atoms with Crippen LogP contribution in [0.25, 0.3) is 0 Å². The van der Waals surface area contributed by atoms with Crippen molar-refractivity contribution >= 4 is 11.6 Å². The van der Waals surface area contributed by atoms with Gasteiger partial charge in [0.05, 0.1) is 13.1 Å². The molecule has 0 unspecified atom stereocenters. The van der Waals surface area contributed by atoms with Gasteiger partial charge in [-0.15, -0.1) is 0 Å². The molecule has 2 aromatic rings. The van der Waals surface area contributed by atoms with Crippen LogP contribution in [0.5, 0.6) is 0 Å². The van der Waals surface area contributed by atoms with Crippen molar-refractivity contribution < 1.29 is 4.79 Å². The summed E-state index contributed by atoms with van der Waals surface area (Å²) >= 11 is 0. The third-order valence-electron chi connectivity index (χ3n) is 3.34. The number of aryl methyl sites for hydroxylation is 2.